The fourth-order valence-corrected chi connectivity index (χ4v) is 3.18. The van der Waals surface area contributed by atoms with Crippen LogP contribution in [0.15, 0.2) is 24.3 Å². The van der Waals surface area contributed by atoms with Crippen molar-refractivity contribution in [2.24, 2.45) is 0 Å². The minimum Gasteiger partial charge on any atom is -0.354 e. The summed E-state index contributed by atoms with van der Waals surface area (Å²) in [5, 5.41) is 7.14. The summed E-state index contributed by atoms with van der Waals surface area (Å²) in [7, 11) is 0. The number of nitrogens with zero attached hydrogens (tertiary/aromatic N) is 1. The van der Waals surface area contributed by atoms with E-state index in [1.807, 2.05) is 24.3 Å². The number of piperazine rings is 1. The Bertz CT molecular complexity index is 510. The van der Waals surface area contributed by atoms with Gasteiger partial charge in [-0.3, -0.25) is 9.69 Å². The van der Waals surface area contributed by atoms with Crippen molar-refractivity contribution in [3.8, 4) is 0 Å². The molecular weight excluding hydrogens is 286 g/mol. The minimum atomic E-state index is -0.325. The van der Waals surface area contributed by atoms with Crippen LogP contribution in [0.25, 0.3) is 0 Å². The first-order valence-electron chi connectivity index (χ1n) is 7.68. The second-order valence-electron chi connectivity index (χ2n) is 5.94. The number of carbonyl (C=O) groups excluding carboxylic acids is 1. The third-order valence-electron chi connectivity index (χ3n) is 4.49. The highest BCUT2D eigenvalue weighted by Gasteiger charge is 2.51. The molecule has 114 valence electrons. The predicted octanol–water partition coefficient (Wildman–Crippen LogP) is 1.39. The summed E-state index contributed by atoms with van der Waals surface area (Å²) in [5.74, 6) is 0.153. The van der Waals surface area contributed by atoms with Crippen LogP contribution in [0.4, 0.5) is 0 Å². The van der Waals surface area contributed by atoms with E-state index in [0.717, 1.165) is 57.7 Å². The molecule has 5 heteroatoms. The van der Waals surface area contributed by atoms with Crippen LogP contribution in [0, 0.1) is 0 Å². The zero-order valence-electron chi connectivity index (χ0n) is 12.2. The van der Waals surface area contributed by atoms with Gasteiger partial charge in [0.05, 0.1) is 5.41 Å². The van der Waals surface area contributed by atoms with Crippen LogP contribution in [0.1, 0.15) is 18.4 Å². The number of carbonyl (C=O) groups is 1. The maximum Gasteiger partial charge on any atom is 0.230 e. The highest BCUT2D eigenvalue weighted by molar-refractivity contribution is 6.30. The van der Waals surface area contributed by atoms with E-state index in [4.69, 9.17) is 11.6 Å². The normalized spacial score (nSPS) is 21.0. The smallest absolute Gasteiger partial charge is 0.230 e. The fraction of sp³-hybridized carbons (Fsp3) is 0.562. The van der Waals surface area contributed by atoms with E-state index in [2.05, 4.69) is 15.5 Å². The van der Waals surface area contributed by atoms with Gasteiger partial charge in [-0.2, -0.15) is 0 Å². The Morgan fingerprint density at radius 2 is 2.10 bits per heavy atom. The number of rotatable bonds is 5. The Kier molecular flexibility index (Phi) is 4.48. The predicted molar refractivity (Wildman–Crippen MR) is 84.7 cm³/mol. The largest absolute Gasteiger partial charge is 0.354 e. The van der Waals surface area contributed by atoms with E-state index in [1.165, 1.54) is 0 Å². The molecule has 1 aliphatic heterocycles. The van der Waals surface area contributed by atoms with Gasteiger partial charge in [-0.05, 0) is 30.5 Å². The van der Waals surface area contributed by atoms with Crippen LogP contribution in [0.2, 0.25) is 5.02 Å². The lowest BCUT2D eigenvalue weighted by molar-refractivity contribution is -0.123. The molecule has 1 heterocycles. The Balaban J connectivity index is 1.53. The van der Waals surface area contributed by atoms with Gasteiger partial charge in [0.2, 0.25) is 5.91 Å². The molecule has 0 radical (unpaired) electrons. The van der Waals surface area contributed by atoms with Gasteiger partial charge in [0, 0.05) is 44.3 Å². The quantitative estimate of drug-likeness (QED) is 0.864. The summed E-state index contributed by atoms with van der Waals surface area (Å²) in [6, 6.07) is 7.70. The molecule has 2 N–H and O–H groups in total. The number of amides is 1. The van der Waals surface area contributed by atoms with E-state index in [-0.39, 0.29) is 11.3 Å². The molecule has 0 atom stereocenters. The average Bonchev–Trinajstić information content (AvgIpc) is 3.30. The molecule has 1 saturated carbocycles. The molecule has 2 fully saturated rings. The molecule has 3 rings (SSSR count). The van der Waals surface area contributed by atoms with Crippen LogP contribution in [0.5, 0.6) is 0 Å². The molecule has 1 aromatic carbocycles. The Morgan fingerprint density at radius 1 is 1.33 bits per heavy atom. The monoisotopic (exact) mass is 307 g/mol. The fourth-order valence-electron chi connectivity index (χ4n) is 2.99. The second-order valence-corrected chi connectivity index (χ2v) is 6.38. The first kappa shape index (κ1) is 14.8. The molecular formula is C16H22ClN3O. The van der Waals surface area contributed by atoms with Gasteiger partial charge in [-0.1, -0.05) is 23.7 Å². The number of hydrogen-bond acceptors (Lipinski definition) is 3. The van der Waals surface area contributed by atoms with Crippen molar-refractivity contribution in [3.05, 3.63) is 34.9 Å². The standard InChI is InChI=1S/C16H22ClN3O/c17-14-3-1-2-13(12-14)16(4-5-16)15(21)19-8-11-20-9-6-18-7-10-20/h1-3,12,18H,4-11H2,(H,19,21). The van der Waals surface area contributed by atoms with Crippen molar-refractivity contribution >= 4 is 17.5 Å². The van der Waals surface area contributed by atoms with E-state index < -0.39 is 0 Å². The Hall–Kier alpha value is -1.10. The summed E-state index contributed by atoms with van der Waals surface area (Å²) < 4.78 is 0. The molecule has 21 heavy (non-hydrogen) atoms. The van der Waals surface area contributed by atoms with Gasteiger partial charge >= 0.3 is 0 Å². The first-order valence-corrected chi connectivity index (χ1v) is 8.06. The number of nitrogens with one attached hydrogen (secondary N) is 2. The minimum absolute atomic E-state index is 0.153. The molecule has 1 saturated heterocycles. The molecule has 1 amide bonds. The van der Waals surface area contributed by atoms with Crippen molar-refractivity contribution in [2.45, 2.75) is 18.3 Å². The highest BCUT2D eigenvalue weighted by Crippen LogP contribution is 2.48. The zero-order valence-corrected chi connectivity index (χ0v) is 13.0. The van der Waals surface area contributed by atoms with Crippen LogP contribution >= 0.6 is 11.6 Å². The summed E-state index contributed by atoms with van der Waals surface area (Å²) in [6.45, 7) is 5.87. The van der Waals surface area contributed by atoms with Crippen molar-refractivity contribution < 1.29 is 4.79 Å². The molecule has 1 aliphatic carbocycles. The lowest BCUT2D eigenvalue weighted by Gasteiger charge is -2.27. The molecule has 2 aliphatic rings. The van der Waals surface area contributed by atoms with Gasteiger partial charge in [-0.15, -0.1) is 0 Å². The van der Waals surface area contributed by atoms with E-state index in [0.29, 0.717) is 5.02 Å². The maximum atomic E-state index is 12.5. The lowest BCUT2D eigenvalue weighted by Crippen LogP contribution is -2.47. The molecule has 0 bridgehead atoms. The van der Waals surface area contributed by atoms with Crippen LogP contribution in [0.3, 0.4) is 0 Å². The van der Waals surface area contributed by atoms with Gasteiger partial charge in [0.15, 0.2) is 0 Å². The number of benzene rings is 1. The van der Waals surface area contributed by atoms with Crippen LogP contribution in [-0.4, -0.2) is 50.1 Å². The topological polar surface area (TPSA) is 44.4 Å². The Morgan fingerprint density at radius 3 is 2.76 bits per heavy atom. The SMILES string of the molecule is O=C(NCCN1CCNCC1)C1(c2cccc(Cl)c2)CC1. The van der Waals surface area contributed by atoms with Crippen LogP contribution < -0.4 is 10.6 Å². The van der Waals surface area contributed by atoms with Crippen molar-refractivity contribution in [2.75, 3.05) is 39.3 Å². The Labute approximate surface area is 130 Å². The number of hydrogen-bond donors (Lipinski definition) is 2. The van der Waals surface area contributed by atoms with Crippen molar-refractivity contribution in [1.82, 2.24) is 15.5 Å². The molecule has 1 aromatic rings. The molecule has 0 aromatic heterocycles. The second kappa shape index (κ2) is 6.34. The molecule has 0 spiro atoms. The summed E-state index contributed by atoms with van der Waals surface area (Å²) in [6.07, 6.45) is 1.85. The maximum absolute atomic E-state index is 12.5. The van der Waals surface area contributed by atoms with Gasteiger partial charge in [0.25, 0.3) is 0 Å². The van der Waals surface area contributed by atoms with Crippen molar-refractivity contribution in [1.29, 1.82) is 0 Å². The van der Waals surface area contributed by atoms with E-state index in [1.54, 1.807) is 0 Å². The summed E-state index contributed by atoms with van der Waals surface area (Å²) in [5.41, 5.74) is 0.726. The van der Waals surface area contributed by atoms with Crippen LogP contribution in [-0.2, 0) is 10.2 Å². The molecule has 4 nitrogen and oxygen atoms in total. The highest BCUT2D eigenvalue weighted by atomic mass is 35.5. The lowest BCUT2D eigenvalue weighted by atomic mass is 9.95. The first-order chi connectivity index (χ1) is 10.2. The molecule has 0 unspecified atom stereocenters. The number of halogens is 1. The van der Waals surface area contributed by atoms with Gasteiger partial charge in [0.1, 0.15) is 0 Å². The van der Waals surface area contributed by atoms with Crippen molar-refractivity contribution in [3.63, 3.8) is 0 Å². The third kappa shape index (κ3) is 3.39. The van der Waals surface area contributed by atoms with E-state index in [9.17, 15) is 4.79 Å². The zero-order chi connectivity index (χ0) is 14.7. The third-order valence-corrected chi connectivity index (χ3v) is 4.72. The summed E-state index contributed by atoms with van der Waals surface area (Å²) >= 11 is 6.04. The van der Waals surface area contributed by atoms with Gasteiger partial charge in [-0.25, -0.2) is 0 Å². The average molecular weight is 308 g/mol. The van der Waals surface area contributed by atoms with Gasteiger partial charge < -0.3 is 10.6 Å². The van der Waals surface area contributed by atoms with E-state index >= 15 is 0 Å². The summed E-state index contributed by atoms with van der Waals surface area (Å²) in [4.78, 5) is 14.9.